The SMILES string of the molecule is Cc1cc(-c2nc3ccccc3s2)ccc1NS(=O)(=O)[O-].[Na+]. The number of hydrogen-bond donors (Lipinski definition) is 1. The first-order valence-corrected chi connectivity index (χ1v) is 8.35. The van der Waals surface area contributed by atoms with E-state index < -0.39 is 10.3 Å². The first-order chi connectivity index (χ1) is 9.92. The zero-order valence-corrected chi connectivity index (χ0v) is 15.7. The van der Waals surface area contributed by atoms with E-state index in [0.29, 0.717) is 5.56 Å². The molecule has 0 aliphatic carbocycles. The van der Waals surface area contributed by atoms with Crippen molar-refractivity contribution in [2.75, 3.05) is 4.72 Å². The molecule has 2 aromatic carbocycles. The Kier molecular flexibility index (Phi) is 5.26. The Bertz CT molecular complexity index is 890. The molecule has 0 amide bonds. The van der Waals surface area contributed by atoms with E-state index in [1.165, 1.54) is 0 Å². The van der Waals surface area contributed by atoms with Gasteiger partial charge in [-0.2, -0.15) is 0 Å². The smallest absolute Gasteiger partial charge is 0.731 e. The molecule has 108 valence electrons. The van der Waals surface area contributed by atoms with Gasteiger partial charge >= 0.3 is 29.6 Å². The van der Waals surface area contributed by atoms with Crippen LogP contribution in [0.4, 0.5) is 5.69 Å². The monoisotopic (exact) mass is 342 g/mol. The molecule has 0 aliphatic heterocycles. The topological polar surface area (TPSA) is 82.1 Å². The van der Waals surface area contributed by atoms with E-state index in [-0.39, 0.29) is 35.2 Å². The second-order valence-electron chi connectivity index (χ2n) is 4.57. The van der Waals surface area contributed by atoms with Crippen LogP contribution in [0, 0.1) is 6.92 Å². The second kappa shape index (κ2) is 6.66. The van der Waals surface area contributed by atoms with E-state index in [2.05, 4.69) is 4.98 Å². The molecule has 1 N–H and O–H groups in total. The largest absolute Gasteiger partial charge is 1.00 e. The van der Waals surface area contributed by atoms with Crippen molar-refractivity contribution in [2.45, 2.75) is 6.92 Å². The van der Waals surface area contributed by atoms with Crippen molar-refractivity contribution in [3.8, 4) is 10.6 Å². The van der Waals surface area contributed by atoms with Crippen molar-refractivity contribution in [2.24, 2.45) is 0 Å². The van der Waals surface area contributed by atoms with Gasteiger partial charge in [0.15, 0.2) is 10.3 Å². The zero-order valence-electron chi connectivity index (χ0n) is 12.0. The van der Waals surface area contributed by atoms with Gasteiger partial charge in [0.25, 0.3) is 0 Å². The minimum atomic E-state index is -4.51. The van der Waals surface area contributed by atoms with Gasteiger partial charge in [-0.05, 0) is 42.8 Å². The summed E-state index contributed by atoms with van der Waals surface area (Å²) in [4.78, 5) is 4.55. The van der Waals surface area contributed by atoms with Gasteiger partial charge in [0, 0.05) is 5.56 Å². The Hall–Kier alpha value is -0.960. The minimum absolute atomic E-state index is 0. The van der Waals surface area contributed by atoms with E-state index >= 15 is 0 Å². The second-order valence-corrected chi connectivity index (χ2v) is 6.72. The van der Waals surface area contributed by atoms with Gasteiger partial charge < -0.3 is 4.55 Å². The number of nitrogens with zero attached hydrogens (tertiary/aromatic N) is 1. The molecular formula is C14H11N2NaO3S2. The first-order valence-electron chi connectivity index (χ1n) is 6.12. The van der Waals surface area contributed by atoms with Crippen molar-refractivity contribution < 1.29 is 42.5 Å². The quantitative estimate of drug-likeness (QED) is 0.543. The van der Waals surface area contributed by atoms with Crippen LogP contribution in [-0.4, -0.2) is 18.0 Å². The molecule has 3 rings (SSSR count). The van der Waals surface area contributed by atoms with Crippen LogP contribution in [0.1, 0.15) is 5.56 Å². The van der Waals surface area contributed by atoms with Crippen LogP contribution >= 0.6 is 11.3 Å². The maximum Gasteiger partial charge on any atom is 1.00 e. The van der Waals surface area contributed by atoms with Crippen molar-refractivity contribution in [1.82, 2.24) is 4.98 Å². The van der Waals surface area contributed by atoms with E-state index in [4.69, 9.17) is 0 Å². The number of nitrogens with one attached hydrogen (secondary N) is 1. The van der Waals surface area contributed by atoms with Gasteiger partial charge in [-0.15, -0.1) is 11.3 Å². The molecule has 0 radical (unpaired) electrons. The zero-order chi connectivity index (χ0) is 15.0. The van der Waals surface area contributed by atoms with E-state index in [1.807, 2.05) is 35.1 Å². The van der Waals surface area contributed by atoms with Crippen molar-refractivity contribution >= 4 is 37.5 Å². The first kappa shape index (κ1) is 17.4. The van der Waals surface area contributed by atoms with Crippen LogP contribution in [0.2, 0.25) is 0 Å². The third-order valence-electron chi connectivity index (χ3n) is 3.00. The van der Waals surface area contributed by atoms with Crippen LogP contribution in [0.25, 0.3) is 20.8 Å². The van der Waals surface area contributed by atoms with Crippen molar-refractivity contribution in [3.63, 3.8) is 0 Å². The molecule has 1 heterocycles. The minimum Gasteiger partial charge on any atom is -0.731 e. The molecule has 22 heavy (non-hydrogen) atoms. The average molecular weight is 342 g/mol. The summed E-state index contributed by atoms with van der Waals surface area (Å²) in [5.41, 5.74) is 2.78. The molecule has 1 aromatic heterocycles. The molecule has 0 spiro atoms. The van der Waals surface area contributed by atoms with E-state index in [0.717, 1.165) is 20.8 Å². The third-order valence-corrected chi connectivity index (χ3v) is 4.56. The molecule has 5 nitrogen and oxygen atoms in total. The number of para-hydroxylation sites is 1. The molecule has 0 aliphatic rings. The molecule has 0 atom stereocenters. The molecule has 0 saturated heterocycles. The standard InChI is InChI=1S/C14H12N2O3S2.Na/c1-9-8-10(6-7-11(9)16-21(17,18)19)14-15-12-4-2-3-5-13(12)20-14;/h2-8,16H,1H3,(H,17,18,19);/q;+1/p-1. The number of fused-ring (bicyclic) bond motifs is 1. The van der Waals surface area contributed by atoms with E-state index in [1.54, 1.807) is 30.4 Å². The number of thiazole rings is 1. The third kappa shape index (κ3) is 3.87. The Morgan fingerprint density at radius 2 is 1.91 bits per heavy atom. The van der Waals surface area contributed by atoms with Gasteiger partial charge in [0.05, 0.1) is 15.9 Å². The normalized spacial score (nSPS) is 11.2. The molecule has 3 aromatic rings. The van der Waals surface area contributed by atoms with Crippen LogP contribution in [0.3, 0.4) is 0 Å². The predicted octanol–water partition coefficient (Wildman–Crippen LogP) is 0.148. The summed E-state index contributed by atoms with van der Waals surface area (Å²) in [6, 6.07) is 13.0. The molecule has 0 fully saturated rings. The Balaban J connectivity index is 0.00000176. The Morgan fingerprint density at radius 3 is 2.55 bits per heavy atom. The summed E-state index contributed by atoms with van der Waals surface area (Å²) in [5.74, 6) is 0. The number of anilines is 1. The fourth-order valence-corrected chi connectivity index (χ4v) is 3.50. The molecule has 0 bridgehead atoms. The average Bonchev–Trinajstić information content (AvgIpc) is 2.83. The molecular weight excluding hydrogens is 331 g/mol. The number of aromatic nitrogens is 1. The van der Waals surface area contributed by atoms with Gasteiger partial charge in [-0.1, -0.05) is 12.1 Å². The maximum atomic E-state index is 10.7. The summed E-state index contributed by atoms with van der Waals surface area (Å²) in [7, 11) is -4.51. The van der Waals surface area contributed by atoms with Crippen LogP contribution in [-0.2, 0) is 10.3 Å². The van der Waals surface area contributed by atoms with Gasteiger partial charge in [0.2, 0.25) is 0 Å². The number of hydrogen-bond acceptors (Lipinski definition) is 5. The van der Waals surface area contributed by atoms with Crippen molar-refractivity contribution in [3.05, 3.63) is 48.0 Å². The Morgan fingerprint density at radius 1 is 1.18 bits per heavy atom. The predicted molar refractivity (Wildman–Crippen MR) is 83.1 cm³/mol. The molecule has 0 unspecified atom stereocenters. The van der Waals surface area contributed by atoms with Gasteiger partial charge in [-0.3, -0.25) is 4.72 Å². The maximum absolute atomic E-state index is 10.7. The molecule has 0 saturated carbocycles. The summed E-state index contributed by atoms with van der Waals surface area (Å²) < 4.78 is 35.3. The number of rotatable bonds is 3. The van der Waals surface area contributed by atoms with Crippen molar-refractivity contribution in [1.29, 1.82) is 0 Å². The van der Waals surface area contributed by atoms with Gasteiger partial charge in [0.1, 0.15) is 5.01 Å². The summed E-state index contributed by atoms with van der Waals surface area (Å²) in [6.45, 7) is 1.74. The van der Waals surface area contributed by atoms with Crippen LogP contribution in [0.5, 0.6) is 0 Å². The number of aryl methyl sites for hydroxylation is 1. The summed E-state index contributed by atoms with van der Waals surface area (Å²) in [5, 5.41) is 0.857. The van der Waals surface area contributed by atoms with Crippen LogP contribution in [0.15, 0.2) is 42.5 Å². The summed E-state index contributed by atoms with van der Waals surface area (Å²) in [6.07, 6.45) is 0. The van der Waals surface area contributed by atoms with Crippen LogP contribution < -0.4 is 34.3 Å². The summed E-state index contributed by atoms with van der Waals surface area (Å²) >= 11 is 1.57. The van der Waals surface area contributed by atoms with E-state index in [9.17, 15) is 13.0 Å². The fourth-order valence-electron chi connectivity index (χ4n) is 2.04. The fraction of sp³-hybridized carbons (Fsp3) is 0.0714. The van der Waals surface area contributed by atoms with Gasteiger partial charge in [-0.25, -0.2) is 13.4 Å². The molecule has 8 heteroatoms. The Labute approximate surface area is 154 Å². The number of benzene rings is 2.